The first-order valence-corrected chi connectivity index (χ1v) is 6.38. The second kappa shape index (κ2) is 6.56. The Kier molecular flexibility index (Phi) is 5.32. The molecule has 0 aliphatic rings. The lowest BCUT2D eigenvalue weighted by molar-refractivity contribution is 0.413. The molecule has 0 spiro atoms. The van der Waals surface area contributed by atoms with E-state index in [1.807, 2.05) is 23.9 Å². The van der Waals surface area contributed by atoms with Crippen molar-refractivity contribution in [1.29, 1.82) is 0 Å². The Morgan fingerprint density at radius 2 is 2.33 bits per heavy atom. The summed E-state index contributed by atoms with van der Waals surface area (Å²) in [6.07, 6.45) is 3.85. The van der Waals surface area contributed by atoms with Crippen LogP contribution in [0.25, 0.3) is 0 Å². The summed E-state index contributed by atoms with van der Waals surface area (Å²) in [5.74, 6) is 3.52. The van der Waals surface area contributed by atoms with Gasteiger partial charge in [0.15, 0.2) is 0 Å². The van der Waals surface area contributed by atoms with Gasteiger partial charge < -0.3 is 10.1 Å². The summed E-state index contributed by atoms with van der Waals surface area (Å²) in [7, 11) is 1.64. The second-order valence-corrected chi connectivity index (χ2v) is 4.44. The number of nitrogens with one attached hydrogen (secondary N) is 1. The molecule has 84 valence electrons. The molecule has 1 aromatic rings. The van der Waals surface area contributed by atoms with Gasteiger partial charge in [-0.25, -0.2) is 4.98 Å². The highest BCUT2D eigenvalue weighted by atomic mass is 32.2. The molecular weight excluding hydrogens is 208 g/mol. The van der Waals surface area contributed by atoms with Gasteiger partial charge in [-0.3, -0.25) is 0 Å². The van der Waals surface area contributed by atoms with Crippen LogP contribution in [0.15, 0.2) is 18.3 Å². The maximum atomic E-state index is 5.04. The quantitative estimate of drug-likeness (QED) is 0.808. The molecule has 0 fully saturated rings. The molecule has 0 aromatic carbocycles. The summed E-state index contributed by atoms with van der Waals surface area (Å²) in [4.78, 5) is 4.24. The lowest BCUT2D eigenvalue weighted by Gasteiger charge is -2.11. The molecule has 0 bridgehead atoms. The van der Waals surface area contributed by atoms with Gasteiger partial charge >= 0.3 is 0 Å². The number of anilines is 1. The Hall–Kier alpha value is -0.900. The predicted molar refractivity (Wildman–Crippen MR) is 66.8 cm³/mol. The molecular formula is C11H18N2OS. The summed E-state index contributed by atoms with van der Waals surface area (Å²) < 4.78 is 5.04. The summed E-state index contributed by atoms with van der Waals surface area (Å²) in [5.41, 5.74) is 0. The first kappa shape index (κ1) is 12.2. The number of aromatic nitrogens is 1. The van der Waals surface area contributed by atoms with E-state index in [0.29, 0.717) is 5.92 Å². The molecule has 1 atom stereocenters. The van der Waals surface area contributed by atoms with E-state index in [1.165, 1.54) is 5.75 Å². The third-order valence-corrected chi connectivity index (χ3v) is 2.96. The van der Waals surface area contributed by atoms with Gasteiger partial charge in [0.25, 0.3) is 0 Å². The number of rotatable bonds is 6. The zero-order valence-electron chi connectivity index (χ0n) is 9.49. The molecule has 15 heavy (non-hydrogen) atoms. The minimum Gasteiger partial charge on any atom is -0.495 e. The van der Waals surface area contributed by atoms with Crippen LogP contribution in [0.1, 0.15) is 6.92 Å². The Bertz CT molecular complexity index is 276. The van der Waals surface area contributed by atoms with Crippen LogP contribution >= 0.6 is 11.8 Å². The number of ether oxygens (including phenoxy) is 1. The number of methoxy groups -OCH3 is 1. The maximum absolute atomic E-state index is 5.04. The smallest absolute Gasteiger partial charge is 0.137 e. The Morgan fingerprint density at radius 1 is 1.53 bits per heavy atom. The van der Waals surface area contributed by atoms with Gasteiger partial charge in [-0.05, 0) is 30.1 Å². The SMILES string of the molecule is COc1ccc(NCC(C)CSC)nc1. The Morgan fingerprint density at radius 3 is 2.87 bits per heavy atom. The van der Waals surface area contributed by atoms with Gasteiger partial charge in [0.2, 0.25) is 0 Å². The predicted octanol–water partition coefficient (Wildman–Crippen LogP) is 2.50. The zero-order chi connectivity index (χ0) is 11.1. The third-order valence-electron chi connectivity index (χ3n) is 2.05. The van der Waals surface area contributed by atoms with E-state index in [-0.39, 0.29) is 0 Å². The molecule has 0 amide bonds. The molecule has 0 radical (unpaired) electrons. The average Bonchev–Trinajstić information content (AvgIpc) is 2.27. The van der Waals surface area contributed by atoms with E-state index in [4.69, 9.17) is 4.74 Å². The average molecular weight is 226 g/mol. The minimum atomic E-state index is 0.656. The first-order valence-electron chi connectivity index (χ1n) is 4.99. The standard InChI is InChI=1S/C11H18N2OS/c1-9(8-15-3)6-12-11-5-4-10(14-2)7-13-11/h4-5,7,9H,6,8H2,1-3H3,(H,12,13). The zero-order valence-corrected chi connectivity index (χ0v) is 10.3. The highest BCUT2D eigenvalue weighted by Crippen LogP contribution is 2.12. The summed E-state index contributed by atoms with van der Waals surface area (Å²) in [5, 5.41) is 3.30. The molecule has 4 heteroatoms. The number of thioether (sulfide) groups is 1. The van der Waals surface area contributed by atoms with Crippen molar-refractivity contribution in [2.24, 2.45) is 5.92 Å². The third kappa shape index (κ3) is 4.42. The molecule has 1 unspecified atom stereocenters. The lowest BCUT2D eigenvalue weighted by Crippen LogP contribution is -2.13. The largest absolute Gasteiger partial charge is 0.495 e. The van der Waals surface area contributed by atoms with E-state index in [9.17, 15) is 0 Å². The second-order valence-electron chi connectivity index (χ2n) is 3.52. The van der Waals surface area contributed by atoms with Crippen LogP contribution in [0, 0.1) is 5.92 Å². The summed E-state index contributed by atoms with van der Waals surface area (Å²) >= 11 is 1.87. The molecule has 3 nitrogen and oxygen atoms in total. The van der Waals surface area contributed by atoms with Gasteiger partial charge in [-0.2, -0.15) is 11.8 Å². The monoisotopic (exact) mass is 226 g/mol. The van der Waals surface area contributed by atoms with E-state index < -0.39 is 0 Å². The molecule has 0 saturated heterocycles. The fraction of sp³-hybridized carbons (Fsp3) is 0.545. The highest BCUT2D eigenvalue weighted by Gasteiger charge is 2.01. The molecule has 0 saturated carbocycles. The van der Waals surface area contributed by atoms with Crippen molar-refractivity contribution in [1.82, 2.24) is 4.98 Å². The van der Waals surface area contributed by atoms with Gasteiger partial charge in [0, 0.05) is 6.54 Å². The van der Waals surface area contributed by atoms with E-state index in [2.05, 4.69) is 23.5 Å². The normalized spacial score (nSPS) is 12.2. The number of hydrogen-bond donors (Lipinski definition) is 1. The summed E-state index contributed by atoms with van der Waals surface area (Å²) in [6, 6.07) is 3.85. The van der Waals surface area contributed by atoms with Crippen LogP contribution in [-0.4, -0.2) is 30.6 Å². The van der Waals surface area contributed by atoms with Gasteiger partial charge in [0.05, 0.1) is 13.3 Å². The molecule has 1 rings (SSSR count). The van der Waals surface area contributed by atoms with Crippen molar-refractivity contribution in [3.05, 3.63) is 18.3 Å². The van der Waals surface area contributed by atoms with E-state index in [1.54, 1.807) is 13.3 Å². The number of hydrogen-bond acceptors (Lipinski definition) is 4. The van der Waals surface area contributed by atoms with Crippen LogP contribution in [0.4, 0.5) is 5.82 Å². The van der Waals surface area contributed by atoms with Gasteiger partial charge in [-0.1, -0.05) is 6.92 Å². The fourth-order valence-electron chi connectivity index (χ4n) is 1.23. The van der Waals surface area contributed by atoms with Gasteiger partial charge in [0.1, 0.15) is 11.6 Å². The Labute approximate surface area is 95.6 Å². The molecule has 1 heterocycles. The van der Waals surface area contributed by atoms with E-state index in [0.717, 1.165) is 18.1 Å². The van der Waals surface area contributed by atoms with Crippen molar-refractivity contribution in [2.75, 3.05) is 31.0 Å². The number of nitrogens with zero attached hydrogens (tertiary/aromatic N) is 1. The molecule has 1 aromatic heterocycles. The fourth-order valence-corrected chi connectivity index (χ4v) is 1.91. The van der Waals surface area contributed by atoms with Crippen molar-refractivity contribution in [3.8, 4) is 5.75 Å². The van der Waals surface area contributed by atoms with Crippen molar-refractivity contribution in [3.63, 3.8) is 0 Å². The van der Waals surface area contributed by atoms with Crippen molar-refractivity contribution < 1.29 is 4.74 Å². The number of pyridine rings is 1. The summed E-state index contributed by atoms with van der Waals surface area (Å²) in [6.45, 7) is 3.19. The van der Waals surface area contributed by atoms with Crippen LogP contribution in [0.5, 0.6) is 5.75 Å². The van der Waals surface area contributed by atoms with Crippen molar-refractivity contribution in [2.45, 2.75) is 6.92 Å². The lowest BCUT2D eigenvalue weighted by atomic mass is 10.2. The van der Waals surface area contributed by atoms with Crippen LogP contribution < -0.4 is 10.1 Å². The van der Waals surface area contributed by atoms with Crippen LogP contribution in [0.3, 0.4) is 0 Å². The topological polar surface area (TPSA) is 34.1 Å². The van der Waals surface area contributed by atoms with E-state index >= 15 is 0 Å². The van der Waals surface area contributed by atoms with Crippen LogP contribution in [-0.2, 0) is 0 Å². The van der Waals surface area contributed by atoms with Crippen LogP contribution in [0.2, 0.25) is 0 Å². The van der Waals surface area contributed by atoms with Gasteiger partial charge in [-0.15, -0.1) is 0 Å². The molecule has 1 N–H and O–H groups in total. The Balaban J connectivity index is 2.37. The molecule has 0 aliphatic heterocycles. The maximum Gasteiger partial charge on any atom is 0.137 e. The highest BCUT2D eigenvalue weighted by molar-refractivity contribution is 7.98. The van der Waals surface area contributed by atoms with Crippen molar-refractivity contribution >= 4 is 17.6 Å². The molecule has 0 aliphatic carbocycles. The first-order chi connectivity index (χ1) is 7.26. The minimum absolute atomic E-state index is 0.656.